The van der Waals surface area contributed by atoms with E-state index in [4.69, 9.17) is 13.9 Å². The Bertz CT molecular complexity index is 1070. The van der Waals surface area contributed by atoms with Gasteiger partial charge in [-0.15, -0.1) is 0 Å². The SMILES string of the molecule is CC(=O)c1cc2c(cc1NC(=O)c1oc3ccc(F)cc3c1C)OCO2. The van der Waals surface area contributed by atoms with Gasteiger partial charge in [-0.1, -0.05) is 0 Å². The number of benzene rings is 2. The van der Waals surface area contributed by atoms with Crippen molar-refractivity contribution in [1.82, 2.24) is 0 Å². The molecule has 0 radical (unpaired) electrons. The van der Waals surface area contributed by atoms with Gasteiger partial charge in [-0.2, -0.15) is 0 Å². The number of carbonyl (C=O) groups is 2. The lowest BCUT2D eigenvalue weighted by atomic mass is 10.1. The number of fused-ring (bicyclic) bond motifs is 2. The maximum Gasteiger partial charge on any atom is 0.291 e. The number of Topliss-reactive ketones (excluding diaryl/α,β-unsaturated/α-hetero) is 1. The first-order valence-corrected chi connectivity index (χ1v) is 7.88. The molecule has 0 aliphatic carbocycles. The molecule has 2 aromatic carbocycles. The molecule has 132 valence electrons. The number of hydrogen-bond acceptors (Lipinski definition) is 5. The molecule has 0 spiro atoms. The van der Waals surface area contributed by atoms with E-state index >= 15 is 0 Å². The van der Waals surface area contributed by atoms with Crippen LogP contribution in [0.3, 0.4) is 0 Å². The van der Waals surface area contributed by atoms with Crippen molar-refractivity contribution in [3.63, 3.8) is 0 Å². The number of halogens is 1. The van der Waals surface area contributed by atoms with Crippen LogP contribution in [0.15, 0.2) is 34.7 Å². The van der Waals surface area contributed by atoms with Gasteiger partial charge in [0, 0.05) is 22.6 Å². The number of carbonyl (C=O) groups excluding carboxylic acids is 2. The van der Waals surface area contributed by atoms with Crippen molar-refractivity contribution < 1.29 is 27.9 Å². The summed E-state index contributed by atoms with van der Waals surface area (Å²) in [6.07, 6.45) is 0. The summed E-state index contributed by atoms with van der Waals surface area (Å²) < 4.78 is 29.6. The molecule has 0 fully saturated rings. The molecule has 2 heterocycles. The summed E-state index contributed by atoms with van der Waals surface area (Å²) in [4.78, 5) is 24.6. The molecule has 0 atom stereocenters. The van der Waals surface area contributed by atoms with Crippen molar-refractivity contribution in [1.29, 1.82) is 0 Å². The lowest BCUT2D eigenvalue weighted by Gasteiger charge is -2.10. The van der Waals surface area contributed by atoms with Gasteiger partial charge in [0.15, 0.2) is 23.0 Å². The number of amides is 1. The monoisotopic (exact) mass is 355 g/mol. The van der Waals surface area contributed by atoms with E-state index in [1.807, 2.05) is 0 Å². The predicted molar refractivity (Wildman–Crippen MR) is 91.4 cm³/mol. The Balaban J connectivity index is 1.73. The minimum Gasteiger partial charge on any atom is -0.454 e. The van der Waals surface area contributed by atoms with Gasteiger partial charge in [0.1, 0.15) is 11.4 Å². The molecule has 1 aromatic heterocycles. The summed E-state index contributed by atoms with van der Waals surface area (Å²) in [6, 6.07) is 7.11. The largest absolute Gasteiger partial charge is 0.454 e. The van der Waals surface area contributed by atoms with Gasteiger partial charge >= 0.3 is 0 Å². The highest BCUT2D eigenvalue weighted by atomic mass is 19.1. The molecule has 7 heteroatoms. The Kier molecular flexibility index (Phi) is 3.64. The van der Waals surface area contributed by atoms with Gasteiger partial charge in [-0.3, -0.25) is 9.59 Å². The highest BCUT2D eigenvalue weighted by Gasteiger charge is 2.23. The Morgan fingerprint density at radius 3 is 2.58 bits per heavy atom. The van der Waals surface area contributed by atoms with Crippen LogP contribution in [0, 0.1) is 12.7 Å². The third-order valence-electron chi connectivity index (χ3n) is 4.24. The van der Waals surface area contributed by atoms with E-state index < -0.39 is 11.7 Å². The predicted octanol–water partition coefficient (Wildman–Crippen LogP) is 4.06. The molecule has 26 heavy (non-hydrogen) atoms. The van der Waals surface area contributed by atoms with E-state index in [-0.39, 0.29) is 24.0 Å². The molecular formula is C19H14FNO5. The summed E-state index contributed by atoms with van der Waals surface area (Å²) in [6.45, 7) is 3.12. The lowest BCUT2D eigenvalue weighted by Crippen LogP contribution is -2.14. The molecule has 4 rings (SSSR count). The van der Waals surface area contributed by atoms with Crippen molar-refractivity contribution in [2.24, 2.45) is 0 Å². The minimum atomic E-state index is -0.541. The van der Waals surface area contributed by atoms with E-state index in [0.717, 1.165) is 0 Å². The fraction of sp³-hybridized carbons (Fsp3) is 0.158. The summed E-state index contributed by atoms with van der Waals surface area (Å²) in [5.41, 5.74) is 1.51. The van der Waals surface area contributed by atoms with Crippen molar-refractivity contribution >= 4 is 28.3 Å². The second-order valence-corrected chi connectivity index (χ2v) is 5.96. The normalized spacial score (nSPS) is 12.4. The van der Waals surface area contributed by atoms with Gasteiger partial charge in [0.25, 0.3) is 5.91 Å². The number of ether oxygens (including phenoxy) is 2. The molecule has 0 saturated heterocycles. The van der Waals surface area contributed by atoms with Crippen LogP contribution < -0.4 is 14.8 Å². The average Bonchev–Trinajstić information content (AvgIpc) is 3.18. The van der Waals surface area contributed by atoms with Gasteiger partial charge in [-0.05, 0) is 38.1 Å². The summed E-state index contributed by atoms with van der Waals surface area (Å²) in [5, 5.41) is 3.19. The Hall–Kier alpha value is -3.35. The average molecular weight is 355 g/mol. The molecule has 1 amide bonds. The first-order chi connectivity index (χ1) is 12.4. The van der Waals surface area contributed by atoms with Crippen LogP contribution >= 0.6 is 0 Å². The van der Waals surface area contributed by atoms with Crippen molar-refractivity contribution in [2.45, 2.75) is 13.8 Å². The number of hydrogen-bond donors (Lipinski definition) is 1. The molecule has 6 nitrogen and oxygen atoms in total. The zero-order valence-electron chi connectivity index (χ0n) is 14.0. The number of ketones is 1. The van der Waals surface area contributed by atoms with Crippen LogP contribution in [0.5, 0.6) is 11.5 Å². The van der Waals surface area contributed by atoms with Gasteiger partial charge < -0.3 is 19.2 Å². The molecule has 1 aliphatic heterocycles. The van der Waals surface area contributed by atoms with Crippen LogP contribution in [-0.4, -0.2) is 18.5 Å². The van der Waals surface area contributed by atoms with Gasteiger partial charge in [0.2, 0.25) is 6.79 Å². The third-order valence-corrected chi connectivity index (χ3v) is 4.24. The number of aryl methyl sites for hydroxylation is 1. The van der Waals surface area contributed by atoms with Crippen LogP contribution in [0.1, 0.15) is 33.4 Å². The van der Waals surface area contributed by atoms with E-state index in [1.165, 1.54) is 37.3 Å². The zero-order valence-corrected chi connectivity index (χ0v) is 14.0. The van der Waals surface area contributed by atoms with E-state index in [1.54, 1.807) is 6.92 Å². The molecule has 0 saturated carbocycles. The molecular weight excluding hydrogens is 341 g/mol. The Labute approximate surface area is 147 Å². The lowest BCUT2D eigenvalue weighted by molar-refractivity contribution is 0.0998. The van der Waals surface area contributed by atoms with Crippen LogP contribution in [0.2, 0.25) is 0 Å². The fourth-order valence-electron chi connectivity index (χ4n) is 2.93. The molecule has 0 bridgehead atoms. The Morgan fingerprint density at radius 2 is 1.85 bits per heavy atom. The number of rotatable bonds is 3. The smallest absolute Gasteiger partial charge is 0.291 e. The van der Waals surface area contributed by atoms with Crippen molar-refractivity contribution in [3.8, 4) is 11.5 Å². The molecule has 0 unspecified atom stereocenters. The van der Waals surface area contributed by atoms with Gasteiger partial charge in [0.05, 0.1) is 5.69 Å². The second kappa shape index (κ2) is 5.87. The first-order valence-electron chi connectivity index (χ1n) is 7.88. The molecule has 1 aliphatic rings. The van der Waals surface area contributed by atoms with Crippen molar-refractivity contribution in [3.05, 3.63) is 53.0 Å². The first kappa shape index (κ1) is 16.1. The maximum absolute atomic E-state index is 13.4. The van der Waals surface area contributed by atoms with E-state index in [2.05, 4.69) is 5.32 Å². The fourth-order valence-corrected chi connectivity index (χ4v) is 2.93. The molecule has 1 N–H and O–H groups in total. The summed E-state index contributed by atoms with van der Waals surface area (Å²) in [5.74, 6) is -0.250. The second-order valence-electron chi connectivity index (χ2n) is 5.96. The van der Waals surface area contributed by atoms with Crippen LogP contribution in [-0.2, 0) is 0 Å². The quantitative estimate of drug-likeness (QED) is 0.717. The molecule has 3 aromatic rings. The Morgan fingerprint density at radius 1 is 1.12 bits per heavy atom. The minimum absolute atomic E-state index is 0.0535. The van der Waals surface area contributed by atoms with Gasteiger partial charge in [-0.25, -0.2) is 4.39 Å². The van der Waals surface area contributed by atoms with Crippen LogP contribution in [0.4, 0.5) is 10.1 Å². The maximum atomic E-state index is 13.4. The zero-order chi connectivity index (χ0) is 18.4. The van der Waals surface area contributed by atoms with E-state index in [0.29, 0.717) is 33.6 Å². The standard InChI is InChI=1S/C19H14FNO5/c1-9-12-5-11(20)3-4-15(12)26-18(9)19(23)21-14-7-17-16(24-8-25-17)6-13(14)10(2)22/h3-7H,8H2,1-2H3,(H,21,23). The van der Waals surface area contributed by atoms with Crippen molar-refractivity contribution in [2.75, 3.05) is 12.1 Å². The number of nitrogens with one attached hydrogen (secondary N) is 1. The highest BCUT2D eigenvalue weighted by Crippen LogP contribution is 2.37. The summed E-state index contributed by atoms with van der Waals surface area (Å²) >= 11 is 0. The van der Waals surface area contributed by atoms with Crippen LogP contribution in [0.25, 0.3) is 11.0 Å². The topological polar surface area (TPSA) is 77.8 Å². The highest BCUT2D eigenvalue weighted by molar-refractivity contribution is 6.10. The third kappa shape index (κ3) is 2.57. The van der Waals surface area contributed by atoms with E-state index in [9.17, 15) is 14.0 Å². The summed E-state index contributed by atoms with van der Waals surface area (Å²) in [7, 11) is 0. The number of anilines is 1. The number of furan rings is 1.